The van der Waals surface area contributed by atoms with Crippen molar-refractivity contribution in [3.8, 4) is 0 Å². The van der Waals surface area contributed by atoms with Crippen molar-refractivity contribution in [2.45, 2.75) is 76.5 Å². The maximum absolute atomic E-state index is 12.8. The van der Waals surface area contributed by atoms with Gasteiger partial charge in [0, 0.05) is 37.5 Å². The zero-order chi connectivity index (χ0) is 18.6. The molecule has 2 bridgehead atoms. The molecule has 1 aliphatic carbocycles. The Kier molecular flexibility index (Phi) is 4.32. The maximum Gasteiger partial charge on any atom is 0.256 e. The maximum atomic E-state index is 12.8. The van der Waals surface area contributed by atoms with Crippen molar-refractivity contribution in [1.29, 1.82) is 0 Å². The van der Waals surface area contributed by atoms with Crippen LogP contribution in [0.1, 0.15) is 67.3 Å². The van der Waals surface area contributed by atoms with Crippen molar-refractivity contribution in [2.75, 3.05) is 19.6 Å². The van der Waals surface area contributed by atoms with Crippen LogP contribution < -0.4 is 5.32 Å². The molecule has 4 aliphatic rings. The van der Waals surface area contributed by atoms with Gasteiger partial charge in [0.1, 0.15) is 11.3 Å². The fourth-order valence-corrected chi connectivity index (χ4v) is 6.30. The summed E-state index contributed by atoms with van der Waals surface area (Å²) in [4.78, 5) is 15.5. The number of rotatable bonds is 5. The highest BCUT2D eigenvalue weighted by Gasteiger charge is 2.63. The lowest BCUT2D eigenvalue weighted by molar-refractivity contribution is -0.000874. The molecule has 1 saturated carbocycles. The van der Waals surface area contributed by atoms with Crippen molar-refractivity contribution in [3.05, 3.63) is 17.0 Å². The number of carbonyl (C=O) groups excluding carboxylic acids is 1. The molecule has 3 saturated heterocycles. The van der Waals surface area contributed by atoms with Crippen LogP contribution in [-0.2, 0) is 11.2 Å². The van der Waals surface area contributed by atoms with Crippen LogP contribution >= 0.6 is 0 Å². The van der Waals surface area contributed by atoms with E-state index in [0.29, 0.717) is 42.2 Å². The van der Waals surface area contributed by atoms with Crippen LogP contribution in [0.25, 0.3) is 0 Å². The molecule has 27 heavy (non-hydrogen) atoms. The van der Waals surface area contributed by atoms with Crippen molar-refractivity contribution < 1.29 is 14.1 Å². The number of hydrogen-bond acceptors (Lipinski definition) is 5. The van der Waals surface area contributed by atoms with E-state index < -0.39 is 0 Å². The largest absolute Gasteiger partial charge is 0.370 e. The smallest absolute Gasteiger partial charge is 0.256 e. The molecular formula is C21H31N3O3. The number of nitrogens with one attached hydrogen (secondary N) is 1. The van der Waals surface area contributed by atoms with Crippen LogP contribution in [-0.4, -0.2) is 53.3 Å². The summed E-state index contributed by atoms with van der Waals surface area (Å²) >= 11 is 0. The Morgan fingerprint density at radius 1 is 1.33 bits per heavy atom. The van der Waals surface area contributed by atoms with E-state index in [1.54, 1.807) is 0 Å². The third kappa shape index (κ3) is 2.75. The number of nitrogens with zero attached hydrogens (tertiary/aromatic N) is 2. The van der Waals surface area contributed by atoms with Gasteiger partial charge in [0.25, 0.3) is 5.91 Å². The van der Waals surface area contributed by atoms with Gasteiger partial charge < -0.3 is 14.6 Å². The van der Waals surface area contributed by atoms with E-state index >= 15 is 0 Å². The van der Waals surface area contributed by atoms with E-state index in [4.69, 9.17) is 9.26 Å². The predicted molar refractivity (Wildman–Crippen MR) is 101 cm³/mol. The Bertz CT molecular complexity index is 726. The molecule has 1 aromatic heterocycles. The molecule has 3 aliphatic heterocycles. The first-order valence-electron chi connectivity index (χ1n) is 10.8. The molecule has 1 aromatic rings. The summed E-state index contributed by atoms with van der Waals surface area (Å²) in [5.41, 5.74) is 1.43. The van der Waals surface area contributed by atoms with Gasteiger partial charge >= 0.3 is 0 Å². The SMILES string of the molecule is CCc1noc(C)c1C(=O)NC[C@H]1[C@H]2CN(C3CCCC3)C[C@]23CC[C@H]1O3. The fourth-order valence-electron chi connectivity index (χ4n) is 6.30. The number of carbonyl (C=O) groups is 1. The third-order valence-electron chi connectivity index (χ3n) is 7.64. The first-order valence-corrected chi connectivity index (χ1v) is 10.8. The lowest BCUT2D eigenvalue weighted by atomic mass is 9.73. The molecule has 0 radical (unpaired) electrons. The minimum Gasteiger partial charge on any atom is -0.370 e. The number of likely N-dealkylation sites (tertiary alicyclic amines) is 1. The second-order valence-corrected chi connectivity index (χ2v) is 9.02. The number of ether oxygens (including phenoxy) is 1. The zero-order valence-corrected chi connectivity index (χ0v) is 16.5. The van der Waals surface area contributed by atoms with Crippen LogP contribution in [0, 0.1) is 18.8 Å². The predicted octanol–water partition coefficient (Wildman–Crippen LogP) is 2.70. The molecule has 4 atom stereocenters. The van der Waals surface area contributed by atoms with Crippen LogP contribution in [0.2, 0.25) is 0 Å². The van der Waals surface area contributed by atoms with E-state index in [1.807, 2.05) is 13.8 Å². The molecule has 148 valence electrons. The summed E-state index contributed by atoms with van der Waals surface area (Å²) in [6.45, 7) is 6.76. The highest BCUT2D eigenvalue weighted by Crippen LogP contribution is 2.55. The van der Waals surface area contributed by atoms with Gasteiger partial charge in [-0.2, -0.15) is 0 Å². The minimum absolute atomic E-state index is 0.0481. The Morgan fingerprint density at radius 3 is 2.93 bits per heavy atom. The van der Waals surface area contributed by atoms with Crippen molar-refractivity contribution >= 4 is 5.91 Å². The van der Waals surface area contributed by atoms with Gasteiger partial charge in [-0.1, -0.05) is 24.9 Å². The summed E-state index contributed by atoms with van der Waals surface area (Å²) in [5, 5.41) is 7.20. The zero-order valence-electron chi connectivity index (χ0n) is 16.5. The first kappa shape index (κ1) is 17.7. The average molecular weight is 373 g/mol. The Balaban J connectivity index is 1.27. The summed E-state index contributed by atoms with van der Waals surface area (Å²) in [6.07, 6.45) is 8.80. The van der Waals surface area contributed by atoms with Crippen LogP contribution in [0.15, 0.2) is 4.52 Å². The highest BCUT2D eigenvalue weighted by atomic mass is 16.5. The quantitative estimate of drug-likeness (QED) is 0.859. The molecular weight excluding hydrogens is 342 g/mol. The van der Waals surface area contributed by atoms with Crippen molar-refractivity contribution in [2.24, 2.45) is 11.8 Å². The lowest BCUT2D eigenvalue weighted by Crippen LogP contribution is -2.42. The van der Waals surface area contributed by atoms with Gasteiger partial charge in [0.2, 0.25) is 0 Å². The number of hydrogen-bond donors (Lipinski definition) is 1. The van der Waals surface area contributed by atoms with Crippen LogP contribution in [0.3, 0.4) is 0 Å². The van der Waals surface area contributed by atoms with E-state index in [9.17, 15) is 4.79 Å². The monoisotopic (exact) mass is 373 g/mol. The molecule has 4 fully saturated rings. The number of aryl methyl sites for hydroxylation is 2. The molecule has 4 heterocycles. The molecule has 0 aromatic carbocycles. The Hall–Kier alpha value is -1.40. The topological polar surface area (TPSA) is 67.6 Å². The van der Waals surface area contributed by atoms with Crippen LogP contribution in [0.4, 0.5) is 0 Å². The molecule has 0 unspecified atom stereocenters. The van der Waals surface area contributed by atoms with Gasteiger partial charge in [-0.25, -0.2) is 0 Å². The molecule has 1 amide bonds. The van der Waals surface area contributed by atoms with E-state index in [-0.39, 0.29) is 11.5 Å². The van der Waals surface area contributed by atoms with Gasteiger partial charge in [0.15, 0.2) is 0 Å². The summed E-state index contributed by atoms with van der Waals surface area (Å²) in [5.74, 6) is 1.55. The van der Waals surface area contributed by atoms with Crippen molar-refractivity contribution in [3.63, 3.8) is 0 Å². The van der Waals surface area contributed by atoms with Gasteiger partial charge in [-0.3, -0.25) is 9.69 Å². The van der Waals surface area contributed by atoms with Gasteiger partial charge in [0.05, 0.1) is 17.4 Å². The van der Waals surface area contributed by atoms with Gasteiger partial charge in [-0.15, -0.1) is 0 Å². The van der Waals surface area contributed by atoms with Crippen LogP contribution in [0.5, 0.6) is 0 Å². The molecule has 1 spiro atoms. The molecule has 1 N–H and O–H groups in total. The normalized spacial score (nSPS) is 35.9. The second kappa shape index (κ2) is 6.59. The highest BCUT2D eigenvalue weighted by molar-refractivity contribution is 5.96. The number of aromatic nitrogens is 1. The second-order valence-electron chi connectivity index (χ2n) is 9.02. The summed E-state index contributed by atoms with van der Waals surface area (Å²) < 4.78 is 11.8. The Labute approximate surface area is 161 Å². The minimum atomic E-state index is -0.0481. The van der Waals surface area contributed by atoms with Gasteiger partial charge in [-0.05, 0) is 39.0 Å². The summed E-state index contributed by atoms with van der Waals surface area (Å²) in [6, 6.07) is 0.759. The Morgan fingerprint density at radius 2 is 2.15 bits per heavy atom. The number of amides is 1. The lowest BCUT2D eigenvalue weighted by Gasteiger charge is -2.29. The number of fused-ring (bicyclic) bond motifs is 1. The van der Waals surface area contributed by atoms with Crippen molar-refractivity contribution in [1.82, 2.24) is 15.4 Å². The summed E-state index contributed by atoms with van der Waals surface area (Å²) in [7, 11) is 0. The molecule has 6 heteroatoms. The molecule has 6 nitrogen and oxygen atoms in total. The van der Waals surface area contributed by atoms with E-state index in [2.05, 4.69) is 15.4 Å². The van der Waals surface area contributed by atoms with E-state index in [1.165, 1.54) is 32.1 Å². The third-order valence-corrected chi connectivity index (χ3v) is 7.64. The molecule has 5 rings (SSSR count). The standard InChI is InChI=1S/C21H31N3O3/c1-3-17-19(13(2)27-23-17)20(25)22-10-15-16-11-24(14-6-4-5-7-14)12-21(16)9-8-18(15)26-21/h14-16,18H,3-12H2,1-2H3,(H,22,25)/t15-,16+,18+,21+/m0/s1. The van der Waals surface area contributed by atoms with E-state index in [0.717, 1.165) is 31.2 Å². The fraction of sp³-hybridized carbons (Fsp3) is 0.810. The average Bonchev–Trinajstić information content (AvgIpc) is 3.44. The first-order chi connectivity index (χ1) is 13.1.